The Bertz CT molecular complexity index is 556. The molecule has 26 heavy (non-hydrogen) atoms. The van der Waals surface area contributed by atoms with Gasteiger partial charge in [-0.05, 0) is 5.53 Å². The van der Waals surface area contributed by atoms with Crippen LogP contribution in [0.25, 0.3) is 10.4 Å². The predicted molar refractivity (Wildman–Crippen MR) is 83.3 cm³/mol. The van der Waals surface area contributed by atoms with Gasteiger partial charge in [0, 0.05) is 32.6 Å². The molecule has 0 aliphatic heterocycles. The molecule has 0 bridgehead atoms. The number of esters is 4. The van der Waals surface area contributed by atoms with Crippen molar-refractivity contribution >= 4 is 23.9 Å². The molecule has 12 heteroatoms. The molecule has 0 saturated carbocycles. The van der Waals surface area contributed by atoms with Gasteiger partial charge in [-0.25, -0.2) is 0 Å². The summed E-state index contributed by atoms with van der Waals surface area (Å²) < 4.78 is 25.0. The van der Waals surface area contributed by atoms with Gasteiger partial charge in [-0.15, -0.1) is 0 Å². The van der Waals surface area contributed by atoms with Crippen molar-refractivity contribution in [1.82, 2.24) is 0 Å². The number of carbonyl (C=O) groups excluding carboxylic acids is 4. The zero-order chi connectivity index (χ0) is 20.1. The van der Waals surface area contributed by atoms with Crippen LogP contribution in [-0.2, 0) is 42.9 Å². The Morgan fingerprint density at radius 1 is 0.846 bits per heavy atom. The minimum absolute atomic E-state index is 0.382. The lowest BCUT2D eigenvalue weighted by Crippen LogP contribution is -2.44. The van der Waals surface area contributed by atoms with Crippen LogP contribution in [0.5, 0.6) is 0 Å². The monoisotopic (exact) mass is 375 g/mol. The Labute approximate surface area is 149 Å². The van der Waals surface area contributed by atoms with Crippen LogP contribution >= 0.6 is 0 Å². The molecule has 146 valence electrons. The van der Waals surface area contributed by atoms with Crippen molar-refractivity contribution in [3.63, 3.8) is 0 Å². The minimum atomic E-state index is -1.33. The molecule has 0 heterocycles. The highest BCUT2D eigenvalue weighted by Crippen LogP contribution is 2.12. The molecule has 0 amide bonds. The summed E-state index contributed by atoms with van der Waals surface area (Å²) in [6.45, 7) is 3.34. The van der Waals surface area contributed by atoms with Crippen molar-refractivity contribution in [3.05, 3.63) is 10.4 Å². The van der Waals surface area contributed by atoms with E-state index < -0.39 is 55.6 Å². The molecule has 1 unspecified atom stereocenters. The van der Waals surface area contributed by atoms with E-state index in [1.807, 2.05) is 0 Å². The fourth-order valence-corrected chi connectivity index (χ4v) is 1.65. The molecule has 0 spiro atoms. The summed E-state index contributed by atoms with van der Waals surface area (Å²) in [5.41, 5.74) is 8.40. The highest BCUT2D eigenvalue weighted by molar-refractivity contribution is 5.67. The maximum atomic E-state index is 11.3. The second-order valence-corrected chi connectivity index (χ2v) is 4.88. The van der Waals surface area contributed by atoms with E-state index in [1.54, 1.807) is 0 Å². The van der Waals surface area contributed by atoms with Gasteiger partial charge in [0.1, 0.15) is 19.3 Å². The molecule has 0 fully saturated rings. The molecule has 12 nitrogen and oxygen atoms in total. The van der Waals surface area contributed by atoms with Gasteiger partial charge in [0.2, 0.25) is 6.29 Å². The lowest BCUT2D eigenvalue weighted by Gasteiger charge is -2.29. The molecular formula is C14H21N3O9. The standard InChI is InChI=1S/C14H21N3O9/c1-8(18)22-6-12(24-10(3)20)13(7-23-9(2)19)26-14(5-16-17-15)25-11(4)21/h12-14H,5-7H2,1-4H3/t12-,13?,14+/m0/s1. The van der Waals surface area contributed by atoms with Gasteiger partial charge in [0.25, 0.3) is 0 Å². The fourth-order valence-electron chi connectivity index (χ4n) is 1.65. The number of hydrogen-bond donors (Lipinski definition) is 0. The lowest BCUT2D eigenvalue weighted by molar-refractivity contribution is -0.214. The zero-order valence-corrected chi connectivity index (χ0v) is 14.9. The van der Waals surface area contributed by atoms with Crippen LogP contribution in [0.4, 0.5) is 0 Å². The molecule has 0 aliphatic carbocycles. The first kappa shape index (κ1) is 23.1. The van der Waals surface area contributed by atoms with E-state index in [4.69, 9.17) is 29.2 Å². The van der Waals surface area contributed by atoms with Gasteiger partial charge >= 0.3 is 23.9 Å². The summed E-state index contributed by atoms with van der Waals surface area (Å²) in [6, 6.07) is 0. The summed E-state index contributed by atoms with van der Waals surface area (Å²) in [5.74, 6) is -2.72. The average molecular weight is 375 g/mol. The topological polar surface area (TPSA) is 163 Å². The number of azide groups is 1. The van der Waals surface area contributed by atoms with E-state index in [0.717, 1.165) is 27.7 Å². The molecule has 0 radical (unpaired) electrons. The van der Waals surface area contributed by atoms with Gasteiger partial charge in [-0.2, -0.15) is 0 Å². The average Bonchev–Trinajstić information content (AvgIpc) is 2.51. The summed E-state index contributed by atoms with van der Waals surface area (Å²) in [4.78, 5) is 47.1. The van der Waals surface area contributed by atoms with Crippen LogP contribution in [0.1, 0.15) is 27.7 Å². The SMILES string of the molecule is CC(=O)OCC(O[C@H](CN=[N+]=[N-])OC(C)=O)[C@H](COC(C)=O)OC(C)=O. The summed E-state index contributed by atoms with van der Waals surface area (Å²) in [7, 11) is 0. The van der Waals surface area contributed by atoms with Gasteiger partial charge in [0.15, 0.2) is 6.10 Å². The van der Waals surface area contributed by atoms with Crippen LogP contribution < -0.4 is 0 Å². The molecule has 0 saturated heterocycles. The van der Waals surface area contributed by atoms with E-state index >= 15 is 0 Å². The first-order valence-electron chi connectivity index (χ1n) is 7.43. The van der Waals surface area contributed by atoms with E-state index in [-0.39, 0.29) is 6.54 Å². The van der Waals surface area contributed by atoms with Crippen LogP contribution in [0.3, 0.4) is 0 Å². The van der Waals surface area contributed by atoms with Gasteiger partial charge in [-0.1, -0.05) is 5.11 Å². The Balaban J connectivity index is 5.37. The minimum Gasteiger partial charge on any atom is -0.463 e. The smallest absolute Gasteiger partial charge is 0.304 e. The van der Waals surface area contributed by atoms with Crippen molar-refractivity contribution in [2.24, 2.45) is 5.11 Å². The molecule has 0 N–H and O–H groups in total. The largest absolute Gasteiger partial charge is 0.463 e. The van der Waals surface area contributed by atoms with E-state index in [0.29, 0.717) is 0 Å². The third-order valence-corrected chi connectivity index (χ3v) is 2.55. The first-order chi connectivity index (χ1) is 12.1. The predicted octanol–water partition coefficient (Wildman–Crippen LogP) is 0.629. The quantitative estimate of drug-likeness (QED) is 0.126. The van der Waals surface area contributed by atoms with E-state index in [1.165, 1.54) is 0 Å². The third-order valence-electron chi connectivity index (χ3n) is 2.55. The second kappa shape index (κ2) is 12.5. The fraction of sp³-hybridized carbons (Fsp3) is 0.714. The van der Waals surface area contributed by atoms with Crippen molar-refractivity contribution < 1.29 is 42.9 Å². The number of carbonyl (C=O) groups is 4. The molecular weight excluding hydrogens is 354 g/mol. The van der Waals surface area contributed by atoms with Gasteiger partial charge in [0.05, 0.1) is 6.54 Å². The molecule has 3 atom stereocenters. The number of nitrogens with zero attached hydrogens (tertiary/aromatic N) is 3. The van der Waals surface area contributed by atoms with Crippen molar-refractivity contribution in [3.8, 4) is 0 Å². The Hall–Kier alpha value is -2.85. The molecule has 0 aromatic carbocycles. The summed E-state index contributed by atoms with van der Waals surface area (Å²) in [6.07, 6.45) is -3.67. The van der Waals surface area contributed by atoms with E-state index in [2.05, 4.69) is 10.0 Å². The van der Waals surface area contributed by atoms with Crippen LogP contribution in [0, 0.1) is 0 Å². The first-order valence-corrected chi connectivity index (χ1v) is 7.43. The normalized spacial score (nSPS) is 13.4. The lowest BCUT2D eigenvalue weighted by atomic mass is 10.2. The number of rotatable bonds is 11. The molecule has 0 aromatic heterocycles. The van der Waals surface area contributed by atoms with Crippen LogP contribution in [0.15, 0.2) is 5.11 Å². The Kier molecular flexibility index (Phi) is 11.1. The molecule has 0 rings (SSSR count). The Morgan fingerprint density at radius 2 is 1.35 bits per heavy atom. The number of hydrogen-bond acceptors (Lipinski definition) is 10. The van der Waals surface area contributed by atoms with Crippen molar-refractivity contribution in [1.29, 1.82) is 0 Å². The highest BCUT2D eigenvalue weighted by Gasteiger charge is 2.31. The molecule has 0 aliphatic rings. The zero-order valence-electron chi connectivity index (χ0n) is 14.9. The van der Waals surface area contributed by atoms with Gasteiger partial charge < -0.3 is 23.7 Å². The van der Waals surface area contributed by atoms with Crippen molar-refractivity contribution in [2.75, 3.05) is 19.8 Å². The Morgan fingerprint density at radius 3 is 1.77 bits per heavy atom. The number of ether oxygens (including phenoxy) is 5. The van der Waals surface area contributed by atoms with Crippen LogP contribution in [-0.4, -0.2) is 62.1 Å². The van der Waals surface area contributed by atoms with Crippen LogP contribution in [0.2, 0.25) is 0 Å². The van der Waals surface area contributed by atoms with E-state index in [9.17, 15) is 19.2 Å². The summed E-state index contributed by atoms with van der Waals surface area (Å²) >= 11 is 0. The maximum Gasteiger partial charge on any atom is 0.304 e. The highest BCUT2D eigenvalue weighted by atomic mass is 16.7. The second-order valence-electron chi connectivity index (χ2n) is 4.88. The maximum absolute atomic E-state index is 11.3. The third kappa shape index (κ3) is 11.6. The van der Waals surface area contributed by atoms with Crippen molar-refractivity contribution in [2.45, 2.75) is 46.2 Å². The van der Waals surface area contributed by atoms with Gasteiger partial charge in [-0.3, -0.25) is 19.2 Å². The summed E-state index contributed by atoms with van der Waals surface area (Å²) in [5, 5.41) is 3.25. The molecule has 0 aromatic rings.